The van der Waals surface area contributed by atoms with E-state index in [9.17, 15) is 0 Å². The Labute approximate surface area is 61.8 Å². The molecule has 2 aliphatic carbocycles. The molecule has 10 heavy (non-hydrogen) atoms. The van der Waals surface area contributed by atoms with Crippen molar-refractivity contribution in [3.05, 3.63) is 0 Å². The summed E-state index contributed by atoms with van der Waals surface area (Å²) in [6, 6.07) is 0. The molecule has 0 bridgehead atoms. The molecular formula is C9H14O. The van der Waals surface area contributed by atoms with E-state index in [1.807, 2.05) is 0 Å². The van der Waals surface area contributed by atoms with Crippen LogP contribution in [0.1, 0.15) is 26.7 Å². The molecule has 0 N–H and O–H groups in total. The Morgan fingerprint density at radius 3 is 3.00 bits per heavy atom. The highest BCUT2D eigenvalue weighted by Crippen LogP contribution is 2.65. The van der Waals surface area contributed by atoms with Crippen molar-refractivity contribution < 1.29 is 4.74 Å². The average Bonchev–Trinajstić information content (AvgIpc) is 2.69. The minimum absolute atomic E-state index is 0.339. The lowest BCUT2D eigenvalue weighted by molar-refractivity contribution is 0.294. The van der Waals surface area contributed by atoms with Gasteiger partial charge in [0.2, 0.25) is 0 Å². The first-order valence-electron chi connectivity index (χ1n) is 4.40. The van der Waals surface area contributed by atoms with Crippen LogP contribution in [0.3, 0.4) is 0 Å². The molecule has 56 valence electrons. The summed E-state index contributed by atoms with van der Waals surface area (Å²) in [5.41, 5.74) is 0.339. The molecule has 5 atom stereocenters. The Morgan fingerprint density at radius 2 is 2.30 bits per heavy atom. The van der Waals surface area contributed by atoms with Gasteiger partial charge in [0, 0.05) is 0 Å². The van der Waals surface area contributed by atoms with Gasteiger partial charge < -0.3 is 4.74 Å². The second-order valence-electron chi connectivity index (χ2n) is 4.49. The van der Waals surface area contributed by atoms with E-state index in [1.54, 1.807) is 0 Å². The van der Waals surface area contributed by atoms with Crippen LogP contribution < -0.4 is 0 Å². The predicted octanol–water partition coefficient (Wildman–Crippen LogP) is 1.82. The molecule has 0 aromatic carbocycles. The van der Waals surface area contributed by atoms with Crippen molar-refractivity contribution in [1.82, 2.24) is 0 Å². The standard InChI is InChI=1S/C9H14O/c1-5-6-3-4-9(2)8(10-9)7(5)6/h5-8H,3-4H2,1-2H3/t5?,6-,7+,8-,9+/m0/s1. The summed E-state index contributed by atoms with van der Waals surface area (Å²) in [5, 5.41) is 0. The third-order valence-corrected chi connectivity index (χ3v) is 3.90. The monoisotopic (exact) mass is 138 g/mol. The van der Waals surface area contributed by atoms with Crippen LogP contribution in [-0.2, 0) is 4.74 Å². The summed E-state index contributed by atoms with van der Waals surface area (Å²) >= 11 is 0. The fraction of sp³-hybridized carbons (Fsp3) is 1.00. The van der Waals surface area contributed by atoms with Crippen molar-refractivity contribution in [2.24, 2.45) is 17.8 Å². The van der Waals surface area contributed by atoms with Gasteiger partial charge in [-0.25, -0.2) is 0 Å². The highest BCUT2D eigenvalue weighted by molar-refractivity contribution is 5.17. The van der Waals surface area contributed by atoms with Crippen LogP contribution >= 0.6 is 0 Å². The molecule has 1 heterocycles. The molecule has 2 saturated carbocycles. The van der Waals surface area contributed by atoms with E-state index < -0.39 is 0 Å². The number of hydrogen-bond donors (Lipinski definition) is 0. The molecule has 1 unspecified atom stereocenters. The first kappa shape index (κ1) is 5.59. The second kappa shape index (κ2) is 1.29. The van der Waals surface area contributed by atoms with Gasteiger partial charge in [-0.3, -0.25) is 0 Å². The number of fused-ring (bicyclic) bond motifs is 3. The summed E-state index contributed by atoms with van der Waals surface area (Å²) in [5.74, 6) is 2.98. The van der Waals surface area contributed by atoms with Crippen LogP contribution in [-0.4, -0.2) is 11.7 Å². The molecule has 0 aromatic rings. The summed E-state index contributed by atoms with van der Waals surface area (Å²) in [6.45, 7) is 4.65. The fourth-order valence-corrected chi connectivity index (χ4v) is 2.93. The van der Waals surface area contributed by atoms with Gasteiger partial charge in [0.05, 0.1) is 11.7 Å². The van der Waals surface area contributed by atoms with E-state index in [-0.39, 0.29) is 0 Å². The lowest BCUT2D eigenvalue weighted by Crippen LogP contribution is -2.16. The van der Waals surface area contributed by atoms with E-state index in [2.05, 4.69) is 13.8 Å². The van der Waals surface area contributed by atoms with Crippen molar-refractivity contribution in [3.8, 4) is 0 Å². The van der Waals surface area contributed by atoms with Gasteiger partial charge in [-0.05, 0) is 37.5 Å². The first-order chi connectivity index (χ1) is 4.72. The van der Waals surface area contributed by atoms with Crippen LogP contribution in [0.2, 0.25) is 0 Å². The Hall–Kier alpha value is -0.0400. The molecular weight excluding hydrogens is 124 g/mol. The van der Waals surface area contributed by atoms with Crippen molar-refractivity contribution >= 4 is 0 Å². The zero-order valence-corrected chi connectivity index (χ0v) is 6.63. The Morgan fingerprint density at radius 1 is 1.50 bits per heavy atom. The summed E-state index contributed by atoms with van der Waals surface area (Å²) in [7, 11) is 0. The number of epoxide rings is 1. The third kappa shape index (κ3) is 0.460. The largest absolute Gasteiger partial charge is 0.366 e. The van der Waals surface area contributed by atoms with Gasteiger partial charge in [-0.2, -0.15) is 0 Å². The lowest BCUT2D eigenvalue weighted by Gasteiger charge is -2.09. The summed E-state index contributed by atoms with van der Waals surface area (Å²) in [4.78, 5) is 0. The molecule has 0 amide bonds. The van der Waals surface area contributed by atoms with Crippen LogP contribution in [0.25, 0.3) is 0 Å². The molecule has 0 radical (unpaired) electrons. The SMILES string of the molecule is CC1[C@@H]2[C@H]1CC[C@@]1(C)O[C@@H]21. The predicted molar refractivity (Wildman–Crippen MR) is 38.7 cm³/mol. The minimum atomic E-state index is 0.339. The average molecular weight is 138 g/mol. The number of hydrogen-bond acceptors (Lipinski definition) is 1. The van der Waals surface area contributed by atoms with E-state index in [0.717, 1.165) is 17.8 Å². The summed E-state index contributed by atoms with van der Waals surface area (Å²) < 4.78 is 5.69. The van der Waals surface area contributed by atoms with Crippen LogP contribution in [0.4, 0.5) is 0 Å². The van der Waals surface area contributed by atoms with Crippen LogP contribution in [0, 0.1) is 17.8 Å². The van der Waals surface area contributed by atoms with E-state index in [0.29, 0.717) is 11.7 Å². The smallest absolute Gasteiger partial charge is 0.0923 e. The van der Waals surface area contributed by atoms with E-state index in [1.165, 1.54) is 12.8 Å². The molecule has 1 nitrogen and oxygen atoms in total. The zero-order valence-electron chi connectivity index (χ0n) is 6.63. The quantitative estimate of drug-likeness (QED) is 0.465. The maximum Gasteiger partial charge on any atom is 0.0923 e. The first-order valence-corrected chi connectivity index (χ1v) is 4.40. The molecule has 1 heteroatoms. The second-order valence-corrected chi connectivity index (χ2v) is 4.49. The minimum Gasteiger partial charge on any atom is -0.366 e. The Balaban J connectivity index is 1.87. The van der Waals surface area contributed by atoms with E-state index in [4.69, 9.17) is 4.74 Å². The van der Waals surface area contributed by atoms with Crippen molar-refractivity contribution in [2.45, 2.75) is 38.4 Å². The van der Waals surface area contributed by atoms with Gasteiger partial charge in [0.15, 0.2) is 0 Å². The molecule has 3 aliphatic rings. The molecule has 3 rings (SSSR count). The van der Waals surface area contributed by atoms with Crippen molar-refractivity contribution in [1.29, 1.82) is 0 Å². The van der Waals surface area contributed by atoms with Crippen molar-refractivity contribution in [3.63, 3.8) is 0 Å². The highest BCUT2D eigenvalue weighted by atomic mass is 16.6. The van der Waals surface area contributed by atoms with Crippen molar-refractivity contribution in [2.75, 3.05) is 0 Å². The maximum atomic E-state index is 5.69. The molecule has 1 aliphatic heterocycles. The van der Waals surface area contributed by atoms with Crippen LogP contribution in [0.15, 0.2) is 0 Å². The highest BCUT2D eigenvalue weighted by Gasteiger charge is 2.69. The topological polar surface area (TPSA) is 12.5 Å². The van der Waals surface area contributed by atoms with Crippen LogP contribution in [0.5, 0.6) is 0 Å². The summed E-state index contributed by atoms with van der Waals surface area (Å²) in [6.07, 6.45) is 3.42. The van der Waals surface area contributed by atoms with E-state index >= 15 is 0 Å². The number of rotatable bonds is 0. The van der Waals surface area contributed by atoms with Gasteiger partial charge in [-0.1, -0.05) is 6.92 Å². The molecule has 1 saturated heterocycles. The molecule has 3 fully saturated rings. The fourth-order valence-electron chi connectivity index (χ4n) is 2.93. The third-order valence-electron chi connectivity index (χ3n) is 3.90. The normalized spacial score (nSPS) is 70.2. The molecule has 0 aromatic heterocycles. The van der Waals surface area contributed by atoms with Gasteiger partial charge in [0.1, 0.15) is 0 Å². The maximum absolute atomic E-state index is 5.69. The Kier molecular flexibility index (Phi) is 0.722. The zero-order chi connectivity index (χ0) is 6.93. The van der Waals surface area contributed by atoms with Gasteiger partial charge >= 0.3 is 0 Å². The Bertz CT molecular complexity index is 189. The molecule has 0 spiro atoms. The van der Waals surface area contributed by atoms with Gasteiger partial charge in [-0.15, -0.1) is 0 Å². The lowest BCUT2D eigenvalue weighted by atomic mass is 9.91. The number of ether oxygens (including phenoxy) is 1. The van der Waals surface area contributed by atoms with Gasteiger partial charge in [0.25, 0.3) is 0 Å².